The molecule has 1 fully saturated rings. The predicted molar refractivity (Wildman–Crippen MR) is 94.4 cm³/mol. The molecular formula is C18H22N2O4S. The zero-order valence-corrected chi connectivity index (χ0v) is 15.0. The molecule has 0 saturated heterocycles. The molecule has 2 aromatic heterocycles. The average molecular weight is 362 g/mol. The number of carboxylic acids is 1. The summed E-state index contributed by atoms with van der Waals surface area (Å²) in [6.45, 7) is 1.79. The van der Waals surface area contributed by atoms with Crippen LogP contribution in [0.1, 0.15) is 43.6 Å². The van der Waals surface area contributed by atoms with E-state index in [-0.39, 0.29) is 18.4 Å². The van der Waals surface area contributed by atoms with Gasteiger partial charge in [0, 0.05) is 6.04 Å². The number of hydrogen-bond acceptors (Lipinski definition) is 5. The van der Waals surface area contributed by atoms with E-state index >= 15 is 0 Å². The molecule has 0 unspecified atom stereocenters. The Morgan fingerprint density at radius 1 is 1.36 bits per heavy atom. The lowest BCUT2D eigenvalue weighted by atomic mass is 9.94. The lowest BCUT2D eigenvalue weighted by Crippen LogP contribution is -2.43. The van der Waals surface area contributed by atoms with Crippen molar-refractivity contribution in [3.63, 3.8) is 0 Å². The number of amides is 1. The molecule has 0 bridgehead atoms. The van der Waals surface area contributed by atoms with Crippen LogP contribution in [0, 0.1) is 12.8 Å². The molecule has 134 valence electrons. The van der Waals surface area contributed by atoms with E-state index in [4.69, 9.17) is 4.42 Å². The molecule has 3 rings (SSSR count). The van der Waals surface area contributed by atoms with E-state index in [1.807, 2.05) is 17.5 Å². The number of aliphatic carboxylic acids is 1. The fraction of sp³-hybridized carbons (Fsp3) is 0.500. The summed E-state index contributed by atoms with van der Waals surface area (Å²) in [6, 6.07) is 3.53. The molecule has 1 aliphatic carbocycles. The number of aryl methyl sites for hydroxylation is 1. The number of aromatic nitrogens is 1. The fourth-order valence-corrected chi connectivity index (χ4v) is 3.93. The van der Waals surface area contributed by atoms with Crippen molar-refractivity contribution < 1.29 is 19.1 Å². The average Bonchev–Trinajstić information content (AvgIpc) is 3.14. The normalized spacial score (nSPS) is 20.8. The zero-order chi connectivity index (χ0) is 17.8. The Labute approximate surface area is 150 Å². The quantitative estimate of drug-likeness (QED) is 0.795. The molecule has 1 aliphatic rings. The minimum atomic E-state index is -0.829. The second kappa shape index (κ2) is 7.82. The van der Waals surface area contributed by atoms with Gasteiger partial charge in [-0.25, -0.2) is 4.98 Å². The number of nitrogens with one attached hydrogen (secondary N) is 1. The molecule has 0 aromatic carbocycles. The summed E-state index contributed by atoms with van der Waals surface area (Å²) in [6.07, 6.45) is 4.29. The van der Waals surface area contributed by atoms with Crippen LogP contribution in [-0.2, 0) is 16.0 Å². The maximum absolute atomic E-state index is 12.4. The van der Waals surface area contributed by atoms with Crippen molar-refractivity contribution in [1.29, 1.82) is 0 Å². The Balaban J connectivity index is 1.66. The van der Waals surface area contributed by atoms with Crippen molar-refractivity contribution in [3.05, 3.63) is 29.0 Å². The maximum Gasteiger partial charge on any atom is 0.308 e. The molecule has 2 N–H and O–H groups in total. The van der Waals surface area contributed by atoms with Crippen molar-refractivity contribution in [3.8, 4) is 10.8 Å². The van der Waals surface area contributed by atoms with Crippen LogP contribution in [0.5, 0.6) is 0 Å². The third kappa shape index (κ3) is 4.28. The van der Waals surface area contributed by atoms with Crippen LogP contribution in [0.3, 0.4) is 0 Å². The maximum atomic E-state index is 12.4. The van der Waals surface area contributed by atoms with Gasteiger partial charge in [0.05, 0.1) is 22.9 Å². The van der Waals surface area contributed by atoms with Crippen molar-refractivity contribution in [1.82, 2.24) is 10.3 Å². The van der Waals surface area contributed by atoms with Crippen LogP contribution >= 0.6 is 11.3 Å². The van der Waals surface area contributed by atoms with E-state index < -0.39 is 11.9 Å². The Bertz CT molecular complexity index is 738. The highest BCUT2D eigenvalue weighted by Gasteiger charge is 2.30. The highest BCUT2D eigenvalue weighted by Crippen LogP contribution is 2.27. The molecule has 1 amide bonds. The first-order valence-corrected chi connectivity index (χ1v) is 9.45. The Morgan fingerprint density at radius 3 is 2.88 bits per heavy atom. The van der Waals surface area contributed by atoms with Crippen LogP contribution < -0.4 is 5.32 Å². The molecule has 2 atom stereocenters. The summed E-state index contributed by atoms with van der Waals surface area (Å²) in [5.41, 5.74) is 0.599. The summed E-state index contributed by atoms with van der Waals surface area (Å²) in [7, 11) is 0. The molecule has 0 spiro atoms. The van der Waals surface area contributed by atoms with Gasteiger partial charge < -0.3 is 14.8 Å². The second-order valence-corrected chi connectivity index (χ2v) is 7.38. The summed E-state index contributed by atoms with van der Waals surface area (Å²) < 4.78 is 5.65. The van der Waals surface area contributed by atoms with Gasteiger partial charge in [-0.05, 0) is 31.2 Å². The summed E-state index contributed by atoms with van der Waals surface area (Å²) >= 11 is 1.53. The van der Waals surface area contributed by atoms with Gasteiger partial charge in [-0.2, -0.15) is 0 Å². The molecule has 0 radical (unpaired) electrons. The van der Waals surface area contributed by atoms with E-state index in [0.717, 1.165) is 24.1 Å². The van der Waals surface area contributed by atoms with Crippen molar-refractivity contribution in [2.45, 2.75) is 51.5 Å². The molecular weight excluding hydrogens is 340 g/mol. The smallest absolute Gasteiger partial charge is 0.308 e. The number of carbonyl (C=O) groups is 2. The SMILES string of the molecule is Cc1oc(-c2cccs2)nc1CC(=O)N[C@H]1CCCCC[C@H]1C(=O)O. The Hall–Kier alpha value is -2.15. The van der Waals surface area contributed by atoms with Crippen LogP contribution in [0.25, 0.3) is 10.8 Å². The number of nitrogens with zero attached hydrogens (tertiary/aromatic N) is 1. The van der Waals surface area contributed by atoms with E-state index in [1.54, 1.807) is 6.92 Å². The highest BCUT2D eigenvalue weighted by atomic mass is 32.1. The van der Waals surface area contributed by atoms with E-state index in [1.165, 1.54) is 11.3 Å². The lowest BCUT2D eigenvalue weighted by molar-refractivity contribution is -0.143. The van der Waals surface area contributed by atoms with Gasteiger partial charge in [0.2, 0.25) is 11.8 Å². The van der Waals surface area contributed by atoms with Gasteiger partial charge >= 0.3 is 5.97 Å². The molecule has 6 nitrogen and oxygen atoms in total. The predicted octanol–water partition coefficient (Wildman–Crippen LogP) is 3.40. The third-order valence-corrected chi connectivity index (χ3v) is 5.49. The van der Waals surface area contributed by atoms with E-state index in [9.17, 15) is 14.7 Å². The monoisotopic (exact) mass is 362 g/mol. The number of carboxylic acid groups (broad SMARTS) is 1. The Kier molecular flexibility index (Phi) is 5.53. The van der Waals surface area contributed by atoms with Gasteiger partial charge in [-0.1, -0.05) is 25.3 Å². The first-order valence-electron chi connectivity index (χ1n) is 8.57. The van der Waals surface area contributed by atoms with Gasteiger partial charge in [-0.3, -0.25) is 9.59 Å². The minimum Gasteiger partial charge on any atom is -0.481 e. The lowest BCUT2D eigenvalue weighted by Gasteiger charge is -2.22. The fourth-order valence-electron chi connectivity index (χ4n) is 3.28. The first-order chi connectivity index (χ1) is 12.0. The van der Waals surface area contributed by atoms with Crippen molar-refractivity contribution in [2.24, 2.45) is 5.92 Å². The summed E-state index contributed by atoms with van der Waals surface area (Å²) in [4.78, 5) is 29.2. The number of carbonyl (C=O) groups excluding carboxylic acids is 1. The third-order valence-electron chi connectivity index (χ3n) is 4.63. The number of thiophene rings is 1. The van der Waals surface area contributed by atoms with Gasteiger partial charge in [0.15, 0.2) is 0 Å². The summed E-state index contributed by atoms with van der Waals surface area (Å²) in [5, 5.41) is 14.3. The zero-order valence-electron chi connectivity index (χ0n) is 14.2. The number of rotatable bonds is 5. The molecule has 25 heavy (non-hydrogen) atoms. The second-order valence-electron chi connectivity index (χ2n) is 6.43. The van der Waals surface area contributed by atoms with Crippen LogP contribution in [0.4, 0.5) is 0 Å². The van der Waals surface area contributed by atoms with Crippen LogP contribution in [0.2, 0.25) is 0 Å². The highest BCUT2D eigenvalue weighted by molar-refractivity contribution is 7.13. The van der Waals surface area contributed by atoms with Crippen molar-refractivity contribution >= 4 is 23.2 Å². The van der Waals surface area contributed by atoms with E-state index in [2.05, 4.69) is 10.3 Å². The molecule has 7 heteroatoms. The van der Waals surface area contributed by atoms with Gasteiger partial charge in [0.1, 0.15) is 5.76 Å². The van der Waals surface area contributed by atoms with Crippen LogP contribution in [0.15, 0.2) is 21.9 Å². The summed E-state index contributed by atoms with van der Waals surface area (Å²) in [5.74, 6) is -0.397. The number of hydrogen-bond donors (Lipinski definition) is 2. The van der Waals surface area contributed by atoms with Gasteiger partial charge in [0.25, 0.3) is 0 Å². The molecule has 2 aromatic rings. The van der Waals surface area contributed by atoms with Gasteiger partial charge in [-0.15, -0.1) is 11.3 Å². The van der Waals surface area contributed by atoms with E-state index in [0.29, 0.717) is 30.2 Å². The molecule has 0 aliphatic heterocycles. The largest absolute Gasteiger partial charge is 0.481 e. The topological polar surface area (TPSA) is 92.4 Å². The minimum absolute atomic E-state index is 0.101. The standard InChI is InChI=1S/C18H22N2O4S/c1-11-14(20-17(24-11)15-8-5-9-25-15)10-16(21)19-13-7-4-2-3-6-12(13)18(22)23/h5,8-9,12-13H,2-4,6-7,10H2,1H3,(H,19,21)(H,22,23)/t12-,13+/m1/s1. The van der Waals surface area contributed by atoms with Crippen LogP contribution in [-0.4, -0.2) is 28.0 Å². The molecule has 1 saturated carbocycles. The number of oxazole rings is 1. The van der Waals surface area contributed by atoms with Crippen molar-refractivity contribution in [2.75, 3.05) is 0 Å². The Morgan fingerprint density at radius 2 is 2.16 bits per heavy atom. The first kappa shape index (κ1) is 17.7. The molecule has 2 heterocycles.